The van der Waals surface area contributed by atoms with Crippen LogP contribution in [0.1, 0.15) is 5.56 Å². The van der Waals surface area contributed by atoms with Gasteiger partial charge in [-0.15, -0.1) is 0 Å². The van der Waals surface area contributed by atoms with Gasteiger partial charge in [0, 0.05) is 11.8 Å². The van der Waals surface area contributed by atoms with Crippen molar-refractivity contribution in [2.45, 2.75) is 6.92 Å². The van der Waals surface area contributed by atoms with Crippen LogP contribution in [-0.2, 0) is 4.79 Å². The summed E-state index contributed by atoms with van der Waals surface area (Å²) < 4.78 is 10.9. The topological polar surface area (TPSA) is 47.6 Å². The molecule has 0 unspecified atom stereocenters. The molecule has 16 heavy (non-hydrogen) atoms. The highest BCUT2D eigenvalue weighted by Gasteiger charge is 2.14. The second-order valence-corrected chi connectivity index (χ2v) is 3.83. The first kappa shape index (κ1) is 11.1. The van der Waals surface area contributed by atoms with Crippen LogP contribution in [0.15, 0.2) is 12.1 Å². The Morgan fingerprint density at radius 1 is 1.38 bits per heavy atom. The number of anilines is 1. The first-order chi connectivity index (χ1) is 7.70. The molecule has 1 heterocycles. The molecule has 1 aromatic rings. The maximum Gasteiger partial charge on any atom is 0.234 e. The highest BCUT2D eigenvalue weighted by atomic mass is 32.1. The van der Waals surface area contributed by atoms with Crippen LogP contribution in [0.5, 0.6) is 11.5 Å². The molecule has 0 aromatic heterocycles. The van der Waals surface area contributed by atoms with E-state index in [1.807, 2.05) is 13.0 Å². The van der Waals surface area contributed by atoms with Gasteiger partial charge in [0.1, 0.15) is 13.2 Å². The van der Waals surface area contributed by atoms with Crippen LogP contribution in [0.3, 0.4) is 0 Å². The monoisotopic (exact) mass is 239 g/mol. The first-order valence-corrected chi connectivity index (χ1v) is 5.65. The van der Waals surface area contributed by atoms with Crippen LogP contribution in [0, 0.1) is 6.92 Å². The minimum Gasteiger partial charge on any atom is -0.486 e. The SMILES string of the molecule is Cc1cc2c(cc1NC(=O)CS)OCCO2. The molecular weight excluding hydrogens is 226 g/mol. The second kappa shape index (κ2) is 4.65. The van der Waals surface area contributed by atoms with Crippen molar-refractivity contribution < 1.29 is 14.3 Å². The number of hydrogen-bond acceptors (Lipinski definition) is 4. The fourth-order valence-corrected chi connectivity index (χ4v) is 1.59. The van der Waals surface area contributed by atoms with E-state index >= 15 is 0 Å². The summed E-state index contributed by atoms with van der Waals surface area (Å²) in [5, 5.41) is 2.76. The predicted octanol–water partition coefficient (Wildman–Crippen LogP) is 1.63. The number of benzene rings is 1. The number of hydrogen-bond donors (Lipinski definition) is 2. The fraction of sp³-hybridized carbons (Fsp3) is 0.364. The van der Waals surface area contributed by atoms with E-state index in [-0.39, 0.29) is 11.7 Å². The Bertz CT molecular complexity index is 420. The zero-order valence-corrected chi connectivity index (χ0v) is 9.84. The molecule has 0 aliphatic carbocycles. The van der Waals surface area contributed by atoms with Crippen molar-refractivity contribution in [3.05, 3.63) is 17.7 Å². The minimum absolute atomic E-state index is 0.136. The third kappa shape index (κ3) is 2.24. The highest BCUT2D eigenvalue weighted by Crippen LogP contribution is 2.35. The molecule has 0 fully saturated rings. The molecule has 0 atom stereocenters. The maximum atomic E-state index is 11.2. The Morgan fingerprint density at radius 3 is 2.62 bits per heavy atom. The minimum atomic E-state index is -0.136. The molecule has 0 radical (unpaired) electrons. The summed E-state index contributed by atoms with van der Waals surface area (Å²) in [6, 6.07) is 3.65. The van der Waals surface area contributed by atoms with E-state index < -0.39 is 0 Å². The average molecular weight is 239 g/mol. The van der Waals surface area contributed by atoms with E-state index in [4.69, 9.17) is 9.47 Å². The molecule has 1 aromatic carbocycles. The van der Waals surface area contributed by atoms with Gasteiger partial charge >= 0.3 is 0 Å². The number of rotatable bonds is 2. The van der Waals surface area contributed by atoms with Gasteiger partial charge in [0.2, 0.25) is 5.91 Å². The zero-order valence-electron chi connectivity index (χ0n) is 8.95. The van der Waals surface area contributed by atoms with Gasteiger partial charge in [0.05, 0.1) is 5.75 Å². The Hall–Kier alpha value is -1.36. The molecule has 2 rings (SSSR count). The van der Waals surface area contributed by atoms with Crippen molar-refractivity contribution in [2.24, 2.45) is 0 Å². The van der Waals surface area contributed by atoms with Crippen molar-refractivity contribution in [3.63, 3.8) is 0 Å². The second-order valence-electron chi connectivity index (χ2n) is 3.52. The van der Waals surface area contributed by atoms with Crippen molar-refractivity contribution in [3.8, 4) is 11.5 Å². The van der Waals surface area contributed by atoms with Gasteiger partial charge in [0.15, 0.2) is 11.5 Å². The largest absolute Gasteiger partial charge is 0.486 e. The van der Waals surface area contributed by atoms with Crippen molar-refractivity contribution in [2.75, 3.05) is 24.3 Å². The molecule has 5 heteroatoms. The van der Waals surface area contributed by atoms with Crippen molar-refractivity contribution in [1.82, 2.24) is 0 Å². The van der Waals surface area contributed by atoms with E-state index in [0.29, 0.717) is 19.0 Å². The lowest BCUT2D eigenvalue weighted by atomic mass is 10.1. The standard InChI is InChI=1S/C11H13NO3S/c1-7-4-9-10(15-3-2-14-9)5-8(7)12-11(13)6-16/h4-5,16H,2-3,6H2,1H3,(H,12,13). The molecule has 0 saturated carbocycles. The van der Waals surface area contributed by atoms with E-state index in [9.17, 15) is 4.79 Å². The van der Waals surface area contributed by atoms with Gasteiger partial charge in [-0.2, -0.15) is 12.6 Å². The van der Waals surface area contributed by atoms with Gasteiger partial charge in [-0.1, -0.05) is 0 Å². The van der Waals surface area contributed by atoms with Crippen LogP contribution in [-0.4, -0.2) is 24.9 Å². The molecule has 1 aliphatic rings. The molecule has 4 nitrogen and oxygen atoms in total. The van der Waals surface area contributed by atoms with E-state index in [0.717, 1.165) is 17.0 Å². The van der Waals surface area contributed by atoms with Crippen molar-refractivity contribution in [1.29, 1.82) is 0 Å². The molecule has 0 saturated heterocycles. The van der Waals surface area contributed by atoms with E-state index in [1.54, 1.807) is 6.07 Å². The van der Waals surface area contributed by atoms with Gasteiger partial charge < -0.3 is 14.8 Å². The summed E-state index contributed by atoms with van der Waals surface area (Å²) in [4.78, 5) is 11.2. The molecule has 0 spiro atoms. The highest BCUT2D eigenvalue weighted by molar-refractivity contribution is 7.81. The molecule has 86 valence electrons. The van der Waals surface area contributed by atoms with Gasteiger partial charge in [0.25, 0.3) is 0 Å². The smallest absolute Gasteiger partial charge is 0.234 e. The number of carbonyl (C=O) groups excluding carboxylic acids is 1. The van der Waals surface area contributed by atoms with Gasteiger partial charge in [-0.25, -0.2) is 0 Å². The third-order valence-electron chi connectivity index (χ3n) is 2.31. The summed E-state index contributed by atoms with van der Waals surface area (Å²) >= 11 is 3.91. The van der Waals surface area contributed by atoms with Crippen LogP contribution in [0.2, 0.25) is 0 Å². The fourth-order valence-electron chi connectivity index (χ4n) is 1.51. The lowest BCUT2D eigenvalue weighted by Crippen LogP contribution is -2.17. The van der Waals surface area contributed by atoms with Crippen LogP contribution < -0.4 is 14.8 Å². The summed E-state index contributed by atoms with van der Waals surface area (Å²) in [5.74, 6) is 1.43. The summed E-state index contributed by atoms with van der Waals surface area (Å²) in [5.41, 5.74) is 1.68. The maximum absolute atomic E-state index is 11.2. The van der Waals surface area contributed by atoms with E-state index in [1.165, 1.54) is 0 Å². The average Bonchev–Trinajstić information content (AvgIpc) is 2.30. The Morgan fingerprint density at radius 2 is 2.00 bits per heavy atom. The van der Waals surface area contributed by atoms with Crippen LogP contribution >= 0.6 is 12.6 Å². The molecular formula is C11H13NO3S. The molecule has 1 N–H and O–H groups in total. The Kier molecular flexibility index (Phi) is 3.24. The molecule has 1 aliphatic heterocycles. The predicted molar refractivity (Wildman–Crippen MR) is 64.7 cm³/mol. The van der Waals surface area contributed by atoms with Crippen LogP contribution in [0.4, 0.5) is 5.69 Å². The van der Waals surface area contributed by atoms with E-state index in [2.05, 4.69) is 17.9 Å². The number of ether oxygens (including phenoxy) is 2. The number of nitrogens with one attached hydrogen (secondary N) is 1. The number of fused-ring (bicyclic) bond motifs is 1. The Balaban J connectivity index is 2.28. The summed E-state index contributed by atoms with van der Waals surface area (Å²) in [6.45, 7) is 3.01. The number of aryl methyl sites for hydroxylation is 1. The summed E-state index contributed by atoms with van der Waals surface area (Å²) in [7, 11) is 0. The van der Waals surface area contributed by atoms with Crippen LogP contribution in [0.25, 0.3) is 0 Å². The molecule has 0 bridgehead atoms. The molecule has 1 amide bonds. The lowest BCUT2D eigenvalue weighted by molar-refractivity contribution is -0.113. The number of amides is 1. The Labute approximate surface area is 99.3 Å². The van der Waals surface area contributed by atoms with Gasteiger partial charge in [-0.05, 0) is 18.6 Å². The summed E-state index contributed by atoms with van der Waals surface area (Å²) in [6.07, 6.45) is 0. The first-order valence-electron chi connectivity index (χ1n) is 5.01. The number of carbonyl (C=O) groups is 1. The van der Waals surface area contributed by atoms with Crippen molar-refractivity contribution >= 4 is 24.2 Å². The lowest BCUT2D eigenvalue weighted by Gasteiger charge is -2.20. The van der Waals surface area contributed by atoms with Gasteiger partial charge in [-0.3, -0.25) is 4.79 Å². The number of thiol groups is 1. The normalized spacial score (nSPS) is 13.4. The third-order valence-corrected chi connectivity index (χ3v) is 2.59. The quantitative estimate of drug-likeness (QED) is 0.771. The zero-order chi connectivity index (χ0) is 11.5.